The number of amides is 3. The minimum absolute atomic E-state index is 0.0609. The number of fused-ring (bicyclic) bond motifs is 2. The number of aromatic nitrogens is 4. The first-order chi connectivity index (χ1) is 26.5. The maximum atomic E-state index is 15.3. The zero-order chi connectivity index (χ0) is 40.2. The fourth-order valence-electron chi connectivity index (χ4n) is 6.87. The Morgan fingerprint density at radius 2 is 1.70 bits per heavy atom. The molecule has 3 aromatic carbocycles. The van der Waals surface area contributed by atoms with E-state index in [1.807, 2.05) is 0 Å². The van der Waals surface area contributed by atoms with Crippen molar-refractivity contribution in [2.75, 3.05) is 22.9 Å². The molecule has 0 radical (unpaired) electrons. The van der Waals surface area contributed by atoms with Crippen LogP contribution < -0.4 is 20.8 Å². The van der Waals surface area contributed by atoms with Crippen LogP contribution in [0.25, 0.3) is 22.3 Å². The highest BCUT2D eigenvalue weighted by atomic mass is 35.5. The zero-order valence-electron chi connectivity index (χ0n) is 29.9. The third kappa shape index (κ3) is 7.00. The number of hydroxylamine groups is 2. The second kappa shape index (κ2) is 14.6. The number of imidazole rings is 1. The summed E-state index contributed by atoms with van der Waals surface area (Å²) in [6.45, 7) is 4.80. The number of anilines is 3. The van der Waals surface area contributed by atoms with Crippen LogP contribution in [0.4, 0.5) is 44.2 Å². The number of rotatable bonds is 6. The van der Waals surface area contributed by atoms with Crippen LogP contribution in [-0.4, -0.2) is 67.8 Å². The molecule has 2 N–H and O–H groups in total. The summed E-state index contributed by atoms with van der Waals surface area (Å²) < 4.78 is 71.7. The minimum Gasteiger partial charge on any atom is -0.341 e. The van der Waals surface area contributed by atoms with Crippen molar-refractivity contribution in [2.24, 2.45) is 0 Å². The Morgan fingerprint density at radius 3 is 2.36 bits per heavy atom. The third-order valence-corrected chi connectivity index (χ3v) is 9.81. The molecule has 2 aromatic heterocycles. The van der Waals surface area contributed by atoms with Crippen molar-refractivity contribution in [3.8, 4) is 11.3 Å². The minimum atomic E-state index is -5.37. The van der Waals surface area contributed by atoms with Crippen LogP contribution in [0.3, 0.4) is 0 Å². The van der Waals surface area contributed by atoms with Crippen molar-refractivity contribution in [3.63, 3.8) is 0 Å². The van der Waals surface area contributed by atoms with E-state index in [0.717, 1.165) is 23.1 Å². The Kier molecular flexibility index (Phi) is 9.94. The smallest absolute Gasteiger partial charge is 0.341 e. The van der Waals surface area contributed by atoms with E-state index >= 15 is 8.78 Å². The maximum Gasteiger partial charge on any atom is 0.493 e. The molecule has 7 rings (SSSR count). The molecule has 13 nitrogen and oxygen atoms in total. The molecule has 3 amide bonds. The highest BCUT2D eigenvalue weighted by Crippen LogP contribution is 2.40. The average Bonchev–Trinajstić information content (AvgIpc) is 3.47. The first-order valence-corrected chi connectivity index (χ1v) is 17.7. The predicted molar refractivity (Wildman–Crippen MR) is 194 cm³/mol. The van der Waals surface area contributed by atoms with Crippen LogP contribution in [0.1, 0.15) is 54.2 Å². The number of urea groups is 1. The van der Waals surface area contributed by atoms with Crippen LogP contribution in [0.2, 0.25) is 5.02 Å². The molecule has 0 spiro atoms. The molecule has 0 atom stereocenters. The third-order valence-electron chi connectivity index (χ3n) is 9.58. The Balaban J connectivity index is 1.32. The number of nitrogens with zero attached hydrogens (tertiary/aromatic N) is 6. The van der Waals surface area contributed by atoms with Crippen molar-refractivity contribution in [3.05, 3.63) is 98.4 Å². The second-order valence-electron chi connectivity index (χ2n) is 13.5. The number of carbonyl (C=O) groups is 3. The van der Waals surface area contributed by atoms with Crippen molar-refractivity contribution < 1.29 is 41.2 Å². The lowest BCUT2D eigenvalue weighted by Crippen LogP contribution is -2.44. The van der Waals surface area contributed by atoms with Gasteiger partial charge >= 0.3 is 23.9 Å². The number of nitrogens with one attached hydrogen (secondary N) is 2. The molecule has 0 aliphatic carbocycles. The van der Waals surface area contributed by atoms with Crippen molar-refractivity contribution in [1.82, 2.24) is 29.9 Å². The standard InChI is InChI=1S/C37H32ClF5N8O5/c1-18(2)51(56-33(53)37(41,42)43)32(52)20-8-7-19(3)23(15-20)29-24-17-44-35(54)50(30-25(39)5-4-6-26(30)40)31(24)47-34(46-29)48-13-11-22(12-14-48)49-28-10-9-21(38)16-27(28)45-36(49)55/h4-10,15-16,18,22H,11-14,17H2,1-3H3,(H,44,54)(H,45,55). The molecule has 1 saturated heterocycles. The van der Waals surface area contributed by atoms with Crippen molar-refractivity contribution in [1.29, 1.82) is 0 Å². The summed E-state index contributed by atoms with van der Waals surface area (Å²) in [6, 6.07) is 10.3. The summed E-state index contributed by atoms with van der Waals surface area (Å²) in [6.07, 6.45) is -4.48. The van der Waals surface area contributed by atoms with Crippen LogP contribution >= 0.6 is 11.6 Å². The van der Waals surface area contributed by atoms with Gasteiger partial charge in [0.1, 0.15) is 17.3 Å². The summed E-state index contributed by atoms with van der Waals surface area (Å²) in [7, 11) is 0. The number of benzene rings is 3. The van der Waals surface area contributed by atoms with Gasteiger partial charge in [-0.2, -0.15) is 23.2 Å². The van der Waals surface area contributed by atoms with Crippen LogP contribution in [0, 0.1) is 18.6 Å². The lowest BCUT2D eigenvalue weighted by Gasteiger charge is -2.35. The van der Waals surface area contributed by atoms with Gasteiger partial charge in [0.25, 0.3) is 5.91 Å². The molecule has 0 unspecified atom stereocenters. The van der Waals surface area contributed by atoms with Crippen molar-refractivity contribution in [2.45, 2.75) is 58.4 Å². The Hall–Kier alpha value is -6.04. The van der Waals surface area contributed by atoms with Gasteiger partial charge in [0.2, 0.25) is 5.95 Å². The van der Waals surface area contributed by atoms with E-state index in [9.17, 15) is 32.3 Å². The van der Waals surface area contributed by atoms with Gasteiger partial charge < -0.3 is 20.0 Å². The number of aromatic amines is 1. The normalized spacial score (nSPS) is 14.9. The van der Waals surface area contributed by atoms with E-state index < -0.39 is 47.4 Å². The molecule has 19 heteroatoms. The molecular formula is C37H32ClF5N8O5. The van der Waals surface area contributed by atoms with Gasteiger partial charge in [-0.1, -0.05) is 23.7 Å². The lowest BCUT2D eigenvalue weighted by atomic mass is 9.97. The van der Waals surface area contributed by atoms with E-state index in [1.54, 1.807) is 34.6 Å². The SMILES string of the molecule is Cc1ccc(C(=O)N(OC(=O)C(F)(F)F)C(C)C)cc1-c1nc(N2CCC(n3c(=O)[nH]c4cc(Cl)ccc43)CC2)nc2c1CNC(=O)N2c1c(F)cccc1F. The summed E-state index contributed by atoms with van der Waals surface area (Å²) in [5.74, 6) is -5.84. The molecular weight excluding hydrogens is 767 g/mol. The molecule has 0 saturated carbocycles. The van der Waals surface area contributed by atoms with Gasteiger partial charge in [-0.3, -0.25) is 9.36 Å². The van der Waals surface area contributed by atoms with E-state index in [0.29, 0.717) is 52.6 Å². The second-order valence-corrected chi connectivity index (χ2v) is 14.0. The summed E-state index contributed by atoms with van der Waals surface area (Å²) in [5, 5.41) is 3.37. The van der Waals surface area contributed by atoms with E-state index in [2.05, 4.69) is 15.1 Å². The molecule has 5 aromatic rings. The van der Waals surface area contributed by atoms with Crippen LogP contribution in [0.15, 0.2) is 59.4 Å². The van der Waals surface area contributed by atoms with Gasteiger partial charge in [-0.15, -0.1) is 0 Å². The fraction of sp³-hybridized carbons (Fsp3) is 0.297. The number of para-hydroxylation sites is 1. The summed E-state index contributed by atoms with van der Waals surface area (Å²) in [5.41, 5.74) is 1.23. The topological polar surface area (TPSA) is 146 Å². The maximum absolute atomic E-state index is 15.3. The van der Waals surface area contributed by atoms with E-state index in [-0.39, 0.29) is 52.4 Å². The fourth-order valence-corrected chi connectivity index (χ4v) is 7.04. The molecule has 0 bridgehead atoms. The van der Waals surface area contributed by atoms with E-state index in [1.165, 1.54) is 32.0 Å². The number of halogens is 6. The highest BCUT2D eigenvalue weighted by molar-refractivity contribution is 6.31. The molecule has 2 aliphatic rings. The van der Waals surface area contributed by atoms with Crippen LogP contribution in [0.5, 0.6) is 0 Å². The first-order valence-electron chi connectivity index (χ1n) is 17.3. The summed E-state index contributed by atoms with van der Waals surface area (Å²) in [4.78, 5) is 71.2. The Morgan fingerprint density at radius 1 is 1.00 bits per heavy atom. The van der Waals surface area contributed by atoms with E-state index in [4.69, 9.17) is 21.6 Å². The number of H-pyrrole nitrogens is 1. The van der Waals surface area contributed by atoms with Gasteiger partial charge in [-0.05, 0) is 81.6 Å². The Bertz CT molecular complexity index is 2440. The molecule has 56 heavy (non-hydrogen) atoms. The molecule has 292 valence electrons. The first kappa shape index (κ1) is 38.2. The zero-order valence-corrected chi connectivity index (χ0v) is 30.6. The predicted octanol–water partition coefficient (Wildman–Crippen LogP) is 7.10. The van der Waals surface area contributed by atoms with Crippen LogP contribution in [-0.2, 0) is 16.2 Å². The quantitative estimate of drug-likeness (QED) is 0.137. The highest BCUT2D eigenvalue weighted by Gasteiger charge is 2.44. The summed E-state index contributed by atoms with van der Waals surface area (Å²) >= 11 is 6.13. The van der Waals surface area contributed by atoms with Gasteiger partial charge in [0, 0.05) is 40.8 Å². The average molecular weight is 799 g/mol. The van der Waals surface area contributed by atoms with Gasteiger partial charge in [0.05, 0.1) is 29.3 Å². The Labute approximate surface area is 319 Å². The molecule has 1 fully saturated rings. The van der Waals surface area contributed by atoms with Gasteiger partial charge in [0.15, 0.2) is 5.82 Å². The number of aryl methyl sites for hydroxylation is 1. The number of hydrogen-bond acceptors (Lipinski definition) is 8. The monoisotopic (exact) mass is 798 g/mol. The van der Waals surface area contributed by atoms with Gasteiger partial charge in [-0.25, -0.2) is 33.0 Å². The number of carbonyl (C=O) groups excluding carboxylic acids is 3. The lowest BCUT2D eigenvalue weighted by molar-refractivity contribution is -0.232. The number of hydrogen-bond donors (Lipinski definition) is 2. The number of piperidine rings is 1. The largest absolute Gasteiger partial charge is 0.493 e. The molecule has 2 aliphatic heterocycles. The van der Waals surface area contributed by atoms with Crippen molar-refractivity contribution >= 4 is 58.0 Å². The number of alkyl halides is 3. The molecule has 4 heterocycles.